The number of nitrogens with one attached hydrogen (secondary N) is 1. The Morgan fingerprint density at radius 3 is 2.58 bits per heavy atom. The average Bonchev–Trinajstić information content (AvgIpc) is 3.00. The quantitative estimate of drug-likeness (QED) is 0.793. The number of carbonyl (C=O) groups excluding carboxylic acids is 1. The van der Waals surface area contributed by atoms with Gasteiger partial charge in [-0.2, -0.15) is 0 Å². The van der Waals surface area contributed by atoms with Crippen LogP contribution >= 0.6 is 0 Å². The van der Waals surface area contributed by atoms with E-state index in [0.29, 0.717) is 5.82 Å². The molecule has 0 bridgehead atoms. The molecule has 6 heteroatoms. The zero-order chi connectivity index (χ0) is 18.1. The van der Waals surface area contributed by atoms with E-state index < -0.39 is 6.04 Å². The van der Waals surface area contributed by atoms with E-state index in [9.17, 15) is 4.79 Å². The maximum absolute atomic E-state index is 12.1. The zero-order valence-corrected chi connectivity index (χ0v) is 14.7. The molecule has 1 atom stereocenters. The second kappa shape index (κ2) is 6.55. The monoisotopic (exact) mass is 345 g/mol. The van der Waals surface area contributed by atoms with Gasteiger partial charge in [-0.05, 0) is 13.0 Å². The van der Waals surface area contributed by atoms with Gasteiger partial charge >= 0.3 is 0 Å². The van der Waals surface area contributed by atoms with Crippen LogP contribution in [0.2, 0.25) is 0 Å². The molecule has 0 saturated carbocycles. The summed E-state index contributed by atoms with van der Waals surface area (Å²) in [6.45, 7) is 1.91. The van der Waals surface area contributed by atoms with Gasteiger partial charge in [0.15, 0.2) is 5.82 Å². The molecule has 0 spiro atoms. The van der Waals surface area contributed by atoms with Gasteiger partial charge in [-0.3, -0.25) is 14.4 Å². The smallest absolute Gasteiger partial charge is 0.222 e. The van der Waals surface area contributed by atoms with Gasteiger partial charge in [0.2, 0.25) is 5.91 Å². The molecular weight excluding hydrogens is 326 g/mol. The number of hydrogen-bond acceptors (Lipinski definition) is 4. The molecule has 0 unspecified atom stereocenters. The molecule has 2 aromatic carbocycles. The van der Waals surface area contributed by atoms with E-state index >= 15 is 0 Å². The van der Waals surface area contributed by atoms with Crippen molar-refractivity contribution in [1.29, 1.82) is 0 Å². The van der Waals surface area contributed by atoms with Gasteiger partial charge in [0.1, 0.15) is 11.9 Å². The lowest BCUT2D eigenvalue weighted by Gasteiger charge is -2.12. The van der Waals surface area contributed by atoms with E-state index in [1.165, 1.54) is 0 Å². The number of amides is 1. The van der Waals surface area contributed by atoms with Crippen LogP contribution in [0.5, 0.6) is 0 Å². The number of hydrogen-bond donors (Lipinski definition) is 1. The number of nitrogens with zero attached hydrogens (tertiary/aromatic N) is 4. The fraction of sp³-hybridized carbons (Fsp3) is 0.200. The van der Waals surface area contributed by atoms with E-state index in [4.69, 9.17) is 4.99 Å². The van der Waals surface area contributed by atoms with Crippen molar-refractivity contribution in [2.75, 3.05) is 7.05 Å². The number of aryl methyl sites for hydroxylation is 1. The molecule has 2 heterocycles. The van der Waals surface area contributed by atoms with Crippen LogP contribution in [0.1, 0.15) is 35.2 Å². The first kappa shape index (κ1) is 16.2. The van der Waals surface area contributed by atoms with Crippen molar-refractivity contribution in [3.8, 4) is 5.69 Å². The number of aliphatic imine (C=N–C) groups is 1. The van der Waals surface area contributed by atoms with E-state index in [1.54, 1.807) is 7.05 Å². The first-order chi connectivity index (χ1) is 12.7. The Morgan fingerprint density at radius 1 is 1.08 bits per heavy atom. The minimum Gasteiger partial charge on any atom is -0.359 e. The molecular formula is C20H19N5O. The maximum atomic E-state index is 12.1. The lowest BCUT2D eigenvalue weighted by atomic mass is 10.0. The summed E-state index contributed by atoms with van der Waals surface area (Å²) in [7, 11) is 1.63. The van der Waals surface area contributed by atoms with E-state index in [1.807, 2.05) is 66.1 Å². The molecule has 1 aromatic heterocycles. The number of para-hydroxylation sites is 1. The minimum absolute atomic E-state index is 0.0793. The highest BCUT2D eigenvalue weighted by Crippen LogP contribution is 2.32. The Balaban J connectivity index is 1.98. The van der Waals surface area contributed by atoms with E-state index in [2.05, 4.69) is 15.5 Å². The lowest BCUT2D eigenvalue weighted by molar-refractivity contribution is -0.121. The standard InChI is InChI=1S/C20H19N5O/c1-13-23-24-20-16(12-18(26)21-2)22-19(14-8-4-3-5-9-14)15-10-6-7-11-17(15)25(13)20/h3-11,16H,12H2,1-2H3,(H,21,26)/t16-/m0/s1. The number of aromatic nitrogens is 3. The molecule has 1 N–H and O–H groups in total. The summed E-state index contributed by atoms with van der Waals surface area (Å²) in [6.07, 6.45) is 0.221. The Kier molecular flexibility index (Phi) is 4.08. The largest absolute Gasteiger partial charge is 0.359 e. The van der Waals surface area contributed by atoms with Crippen molar-refractivity contribution in [3.63, 3.8) is 0 Å². The fourth-order valence-electron chi connectivity index (χ4n) is 3.28. The summed E-state index contributed by atoms with van der Waals surface area (Å²) in [5, 5.41) is 11.3. The number of carbonyl (C=O) groups is 1. The van der Waals surface area contributed by atoms with Crippen LogP contribution < -0.4 is 5.32 Å². The Hall–Kier alpha value is -3.28. The van der Waals surface area contributed by atoms with Crippen LogP contribution in [0.3, 0.4) is 0 Å². The van der Waals surface area contributed by atoms with E-state index in [-0.39, 0.29) is 12.3 Å². The van der Waals surface area contributed by atoms with Gasteiger partial charge in [-0.25, -0.2) is 0 Å². The van der Waals surface area contributed by atoms with Crippen molar-refractivity contribution in [2.45, 2.75) is 19.4 Å². The molecule has 0 saturated heterocycles. The van der Waals surface area contributed by atoms with Gasteiger partial charge in [-0.15, -0.1) is 10.2 Å². The van der Waals surface area contributed by atoms with Crippen molar-refractivity contribution in [2.24, 2.45) is 4.99 Å². The SMILES string of the molecule is CNC(=O)C[C@@H]1N=C(c2ccccc2)c2ccccc2-n2c(C)nnc21. The summed E-state index contributed by atoms with van der Waals surface area (Å²) in [4.78, 5) is 17.0. The van der Waals surface area contributed by atoms with Crippen molar-refractivity contribution in [3.05, 3.63) is 77.4 Å². The minimum atomic E-state index is -0.404. The molecule has 1 aliphatic heterocycles. The zero-order valence-electron chi connectivity index (χ0n) is 14.7. The van der Waals surface area contributed by atoms with Crippen molar-refractivity contribution >= 4 is 11.6 Å². The van der Waals surface area contributed by atoms with Gasteiger partial charge in [0.05, 0.1) is 17.8 Å². The second-order valence-electron chi connectivity index (χ2n) is 6.19. The van der Waals surface area contributed by atoms with Gasteiger partial charge in [0.25, 0.3) is 0 Å². The Morgan fingerprint density at radius 2 is 1.81 bits per heavy atom. The predicted molar refractivity (Wildman–Crippen MR) is 99.6 cm³/mol. The van der Waals surface area contributed by atoms with Crippen molar-refractivity contribution in [1.82, 2.24) is 20.1 Å². The van der Waals surface area contributed by atoms with Crippen LogP contribution in [0.15, 0.2) is 59.6 Å². The molecule has 3 aromatic rings. The summed E-state index contributed by atoms with van der Waals surface area (Å²) < 4.78 is 2.00. The van der Waals surface area contributed by atoms with Gasteiger partial charge < -0.3 is 5.32 Å². The van der Waals surface area contributed by atoms with Crippen LogP contribution in [0, 0.1) is 6.92 Å². The molecule has 0 fully saturated rings. The molecule has 4 rings (SSSR count). The predicted octanol–water partition coefficient (Wildman–Crippen LogP) is 2.60. The van der Waals surface area contributed by atoms with Gasteiger partial charge in [-0.1, -0.05) is 48.5 Å². The third-order valence-electron chi connectivity index (χ3n) is 4.54. The molecule has 26 heavy (non-hydrogen) atoms. The highest BCUT2D eigenvalue weighted by molar-refractivity contribution is 6.15. The Bertz CT molecular complexity index is 990. The van der Waals surface area contributed by atoms with Gasteiger partial charge in [0, 0.05) is 18.2 Å². The van der Waals surface area contributed by atoms with Crippen LogP contribution in [-0.4, -0.2) is 33.4 Å². The molecule has 1 amide bonds. The number of rotatable bonds is 3. The summed E-state index contributed by atoms with van der Waals surface area (Å²) in [5.41, 5.74) is 3.85. The molecule has 0 aliphatic carbocycles. The summed E-state index contributed by atoms with van der Waals surface area (Å²) in [6, 6.07) is 17.7. The van der Waals surface area contributed by atoms with Crippen LogP contribution in [-0.2, 0) is 4.79 Å². The maximum Gasteiger partial charge on any atom is 0.222 e. The Labute approximate surface area is 151 Å². The first-order valence-corrected chi connectivity index (χ1v) is 8.54. The second-order valence-corrected chi connectivity index (χ2v) is 6.19. The number of benzene rings is 2. The van der Waals surface area contributed by atoms with Crippen LogP contribution in [0.25, 0.3) is 5.69 Å². The average molecular weight is 345 g/mol. The normalized spacial score (nSPS) is 15.5. The fourth-order valence-corrected chi connectivity index (χ4v) is 3.28. The molecule has 0 radical (unpaired) electrons. The summed E-state index contributed by atoms with van der Waals surface area (Å²) in [5.74, 6) is 1.38. The molecule has 1 aliphatic rings. The van der Waals surface area contributed by atoms with Crippen LogP contribution in [0.4, 0.5) is 0 Å². The third kappa shape index (κ3) is 2.69. The highest BCUT2D eigenvalue weighted by atomic mass is 16.1. The lowest BCUT2D eigenvalue weighted by Crippen LogP contribution is -2.21. The topological polar surface area (TPSA) is 72.2 Å². The molecule has 6 nitrogen and oxygen atoms in total. The first-order valence-electron chi connectivity index (χ1n) is 8.54. The molecule has 130 valence electrons. The van der Waals surface area contributed by atoms with E-state index in [0.717, 1.165) is 28.4 Å². The van der Waals surface area contributed by atoms with Crippen molar-refractivity contribution < 1.29 is 4.79 Å². The number of fused-ring (bicyclic) bond motifs is 3. The third-order valence-corrected chi connectivity index (χ3v) is 4.54. The highest BCUT2D eigenvalue weighted by Gasteiger charge is 2.29. The summed E-state index contributed by atoms with van der Waals surface area (Å²) >= 11 is 0.